The van der Waals surface area contributed by atoms with E-state index in [1.54, 1.807) is 0 Å². The van der Waals surface area contributed by atoms with Gasteiger partial charge in [0.25, 0.3) is 0 Å². The highest BCUT2D eigenvalue weighted by atomic mass is 19.1. The van der Waals surface area contributed by atoms with Gasteiger partial charge in [0.1, 0.15) is 17.2 Å². The van der Waals surface area contributed by atoms with E-state index < -0.39 is 17.2 Å². The van der Waals surface area contributed by atoms with Crippen LogP contribution in [0.1, 0.15) is 26.3 Å². The minimum Gasteiger partial charge on any atom is -0.383 e. The fraction of sp³-hybridized carbons (Fsp3) is 0.500. The number of hydrogen-bond acceptors (Lipinski definition) is 2. The molecule has 0 saturated heterocycles. The third-order valence-corrected chi connectivity index (χ3v) is 2.18. The first kappa shape index (κ1) is 13.1. The van der Waals surface area contributed by atoms with Crippen LogP contribution in [0.15, 0.2) is 18.2 Å². The molecule has 1 atom stereocenters. The van der Waals surface area contributed by atoms with Gasteiger partial charge >= 0.3 is 0 Å². The van der Waals surface area contributed by atoms with Crippen LogP contribution in [0.2, 0.25) is 0 Å². The molecule has 0 bridgehead atoms. The maximum absolute atomic E-state index is 13.0. The summed E-state index contributed by atoms with van der Waals surface area (Å²) in [5.41, 5.74) is -1.22. The molecule has 1 aromatic rings. The first-order chi connectivity index (χ1) is 7.31. The molecule has 0 spiro atoms. The predicted octanol–water partition coefficient (Wildman–Crippen LogP) is 2.60. The lowest BCUT2D eigenvalue weighted by molar-refractivity contribution is -0.0577. The zero-order valence-corrected chi connectivity index (χ0v) is 9.63. The maximum Gasteiger partial charge on any atom is 0.126 e. The van der Waals surface area contributed by atoms with E-state index in [0.717, 1.165) is 18.2 Å². The molecule has 1 unspecified atom stereocenters. The van der Waals surface area contributed by atoms with E-state index in [2.05, 4.69) is 0 Å². The van der Waals surface area contributed by atoms with E-state index in [9.17, 15) is 13.9 Å². The summed E-state index contributed by atoms with van der Waals surface area (Å²) < 4.78 is 31.2. The van der Waals surface area contributed by atoms with Crippen molar-refractivity contribution < 1.29 is 18.6 Å². The smallest absolute Gasteiger partial charge is 0.126 e. The maximum atomic E-state index is 13.0. The van der Waals surface area contributed by atoms with Crippen molar-refractivity contribution in [3.8, 4) is 0 Å². The van der Waals surface area contributed by atoms with E-state index in [4.69, 9.17) is 4.74 Å². The summed E-state index contributed by atoms with van der Waals surface area (Å²) in [6.07, 6.45) is -0.0510. The highest BCUT2D eigenvalue weighted by Crippen LogP contribution is 2.23. The number of rotatable bonds is 4. The highest BCUT2D eigenvalue weighted by molar-refractivity contribution is 5.23. The van der Waals surface area contributed by atoms with Crippen molar-refractivity contribution >= 4 is 0 Å². The second-order valence-electron chi connectivity index (χ2n) is 4.29. The molecule has 1 rings (SSSR count). The van der Waals surface area contributed by atoms with Crippen molar-refractivity contribution in [2.75, 3.05) is 6.61 Å². The lowest BCUT2D eigenvalue weighted by Crippen LogP contribution is -2.29. The lowest BCUT2D eigenvalue weighted by Gasteiger charge is -2.25. The number of ether oxygens (including phenoxy) is 1. The van der Waals surface area contributed by atoms with E-state index in [-0.39, 0.29) is 18.3 Å². The van der Waals surface area contributed by atoms with Gasteiger partial charge in [0, 0.05) is 6.07 Å². The third kappa shape index (κ3) is 3.54. The summed E-state index contributed by atoms with van der Waals surface area (Å²) in [7, 11) is 0. The van der Waals surface area contributed by atoms with E-state index >= 15 is 0 Å². The number of benzene rings is 1. The highest BCUT2D eigenvalue weighted by Gasteiger charge is 2.25. The van der Waals surface area contributed by atoms with Crippen LogP contribution in [0, 0.1) is 11.6 Å². The Balaban J connectivity index is 2.88. The summed E-state index contributed by atoms with van der Waals surface area (Å²) in [5.74, 6) is -1.42. The fourth-order valence-corrected chi connectivity index (χ4v) is 1.28. The molecule has 1 N–H and O–H groups in total. The first-order valence-electron chi connectivity index (χ1n) is 5.12. The molecule has 16 heavy (non-hydrogen) atoms. The SMILES string of the molecule is CC(C)OCC(C)(O)c1cc(F)cc(F)c1. The van der Waals surface area contributed by atoms with Crippen molar-refractivity contribution in [1.82, 2.24) is 0 Å². The summed E-state index contributed by atoms with van der Waals surface area (Å²) in [4.78, 5) is 0. The van der Waals surface area contributed by atoms with Gasteiger partial charge in [-0.2, -0.15) is 0 Å². The van der Waals surface area contributed by atoms with Crippen molar-refractivity contribution in [1.29, 1.82) is 0 Å². The van der Waals surface area contributed by atoms with Crippen LogP contribution in [0.3, 0.4) is 0 Å². The molecule has 0 radical (unpaired) electrons. The summed E-state index contributed by atoms with van der Waals surface area (Å²) in [6, 6.07) is 2.97. The Morgan fingerprint density at radius 1 is 1.25 bits per heavy atom. The number of aliphatic hydroxyl groups is 1. The average Bonchev–Trinajstić information content (AvgIpc) is 2.13. The van der Waals surface area contributed by atoms with E-state index in [1.807, 2.05) is 13.8 Å². The Kier molecular flexibility index (Phi) is 3.99. The summed E-state index contributed by atoms with van der Waals surface area (Å²) in [6.45, 7) is 5.10. The van der Waals surface area contributed by atoms with E-state index in [0.29, 0.717) is 0 Å². The molecular weight excluding hydrogens is 214 g/mol. The molecular formula is C12H16F2O2. The van der Waals surface area contributed by atoms with Crippen LogP contribution in [0.25, 0.3) is 0 Å². The van der Waals surface area contributed by atoms with Gasteiger partial charge in [0.2, 0.25) is 0 Å². The van der Waals surface area contributed by atoms with Crippen molar-refractivity contribution in [3.63, 3.8) is 0 Å². The molecule has 0 heterocycles. The minimum absolute atomic E-state index is 0.00639. The van der Waals surface area contributed by atoms with Gasteiger partial charge in [-0.15, -0.1) is 0 Å². The van der Waals surface area contributed by atoms with Crippen LogP contribution >= 0.6 is 0 Å². The zero-order valence-electron chi connectivity index (χ0n) is 9.63. The van der Waals surface area contributed by atoms with Gasteiger partial charge in [-0.25, -0.2) is 8.78 Å². The molecule has 1 aromatic carbocycles. The largest absolute Gasteiger partial charge is 0.383 e. The minimum atomic E-state index is -1.40. The molecule has 0 amide bonds. The van der Waals surface area contributed by atoms with Crippen molar-refractivity contribution in [2.24, 2.45) is 0 Å². The monoisotopic (exact) mass is 230 g/mol. The number of halogens is 2. The average molecular weight is 230 g/mol. The summed E-state index contributed by atoms with van der Waals surface area (Å²) >= 11 is 0. The Labute approximate surface area is 93.9 Å². The van der Waals surface area contributed by atoms with Crippen LogP contribution in [-0.2, 0) is 10.3 Å². The van der Waals surface area contributed by atoms with Crippen LogP contribution in [0.4, 0.5) is 8.78 Å². The normalized spacial score (nSPS) is 15.2. The van der Waals surface area contributed by atoms with Gasteiger partial charge in [-0.05, 0) is 38.5 Å². The topological polar surface area (TPSA) is 29.5 Å². The quantitative estimate of drug-likeness (QED) is 0.861. The molecule has 0 aromatic heterocycles. The Morgan fingerprint density at radius 2 is 1.75 bits per heavy atom. The van der Waals surface area contributed by atoms with Gasteiger partial charge in [0.05, 0.1) is 12.7 Å². The zero-order chi connectivity index (χ0) is 12.3. The fourth-order valence-electron chi connectivity index (χ4n) is 1.28. The summed E-state index contributed by atoms with van der Waals surface area (Å²) in [5, 5.41) is 10.0. The van der Waals surface area contributed by atoms with Crippen LogP contribution in [0.5, 0.6) is 0 Å². The second kappa shape index (κ2) is 4.89. The van der Waals surface area contributed by atoms with Crippen molar-refractivity contribution in [3.05, 3.63) is 35.4 Å². The van der Waals surface area contributed by atoms with Gasteiger partial charge in [0.15, 0.2) is 0 Å². The molecule has 4 heteroatoms. The van der Waals surface area contributed by atoms with Crippen LogP contribution in [-0.4, -0.2) is 17.8 Å². The first-order valence-corrected chi connectivity index (χ1v) is 5.12. The molecule has 90 valence electrons. The molecule has 0 aliphatic heterocycles. The van der Waals surface area contributed by atoms with E-state index in [1.165, 1.54) is 6.92 Å². The molecule has 0 saturated carbocycles. The molecule has 2 nitrogen and oxygen atoms in total. The van der Waals surface area contributed by atoms with Gasteiger partial charge in [-0.3, -0.25) is 0 Å². The lowest BCUT2D eigenvalue weighted by atomic mass is 9.97. The third-order valence-electron chi connectivity index (χ3n) is 2.18. The van der Waals surface area contributed by atoms with Crippen LogP contribution < -0.4 is 0 Å². The Hall–Kier alpha value is -1.00. The second-order valence-corrected chi connectivity index (χ2v) is 4.29. The molecule has 0 aliphatic rings. The van der Waals surface area contributed by atoms with Crippen molar-refractivity contribution in [2.45, 2.75) is 32.5 Å². The molecule has 0 aliphatic carbocycles. The number of hydrogen-bond donors (Lipinski definition) is 1. The Morgan fingerprint density at radius 3 is 2.19 bits per heavy atom. The molecule has 0 fully saturated rings. The van der Waals surface area contributed by atoms with Gasteiger partial charge < -0.3 is 9.84 Å². The Bertz CT molecular complexity index is 342. The van der Waals surface area contributed by atoms with Gasteiger partial charge in [-0.1, -0.05) is 0 Å². The predicted molar refractivity (Wildman–Crippen MR) is 57.0 cm³/mol. The standard InChI is InChI=1S/C12H16F2O2/c1-8(2)16-7-12(3,15)9-4-10(13)6-11(14)5-9/h4-6,8,15H,7H2,1-3H3.